The average molecular weight is 195 g/mol. The molecular weight excluding hydrogens is 178 g/mol. The Morgan fingerprint density at radius 3 is 3.23 bits per heavy atom. The van der Waals surface area contributed by atoms with Gasteiger partial charge in [-0.25, -0.2) is 0 Å². The van der Waals surface area contributed by atoms with E-state index >= 15 is 0 Å². The van der Waals surface area contributed by atoms with Gasteiger partial charge in [-0.15, -0.1) is 11.3 Å². The highest BCUT2D eigenvalue weighted by Crippen LogP contribution is 2.21. The monoisotopic (exact) mass is 195 g/mol. The third-order valence-electron chi connectivity index (χ3n) is 2.81. The van der Waals surface area contributed by atoms with Crippen LogP contribution in [0.15, 0.2) is 11.4 Å². The zero-order valence-corrected chi connectivity index (χ0v) is 8.99. The first kappa shape index (κ1) is 9.22. The summed E-state index contributed by atoms with van der Waals surface area (Å²) in [7, 11) is 0. The van der Waals surface area contributed by atoms with Crippen LogP contribution in [0.1, 0.15) is 30.2 Å². The number of hydrogen-bond acceptors (Lipinski definition) is 2. The van der Waals surface area contributed by atoms with Gasteiger partial charge in [-0.2, -0.15) is 0 Å². The van der Waals surface area contributed by atoms with Gasteiger partial charge in [-0.3, -0.25) is 0 Å². The summed E-state index contributed by atoms with van der Waals surface area (Å²) in [5.41, 5.74) is 1.55. The highest BCUT2D eigenvalue weighted by atomic mass is 32.1. The number of aryl methyl sites for hydroxylation is 1. The van der Waals surface area contributed by atoms with E-state index in [1.54, 1.807) is 10.4 Å². The van der Waals surface area contributed by atoms with Gasteiger partial charge < -0.3 is 5.32 Å². The molecule has 2 heteroatoms. The Hall–Kier alpha value is -0.340. The molecule has 1 N–H and O–H groups in total. The van der Waals surface area contributed by atoms with Gasteiger partial charge >= 0.3 is 0 Å². The van der Waals surface area contributed by atoms with Crippen molar-refractivity contribution in [1.29, 1.82) is 0 Å². The standard InChI is InChI=1S/C11H17NS/c1-2-9-5-7-13-11(9)8-10-4-3-6-12-10/h5,7,10,12H,2-4,6,8H2,1H3. The third kappa shape index (κ3) is 2.12. The number of thiophene rings is 1. The van der Waals surface area contributed by atoms with Crippen LogP contribution in [-0.2, 0) is 12.8 Å². The molecular formula is C11H17NS. The summed E-state index contributed by atoms with van der Waals surface area (Å²) in [4.78, 5) is 1.60. The maximum Gasteiger partial charge on any atom is 0.0116 e. The first-order valence-corrected chi connectivity index (χ1v) is 6.06. The van der Waals surface area contributed by atoms with Crippen molar-refractivity contribution in [3.05, 3.63) is 21.9 Å². The SMILES string of the molecule is CCc1ccsc1CC1CCCN1. The maximum atomic E-state index is 3.55. The van der Waals surface area contributed by atoms with Crippen molar-refractivity contribution in [2.45, 2.75) is 38.6 Å². The van der Waals surface area contributed by atoms with E-state index in [2.05, 4.69) is 23.7 Å². The van der Waals surface area contributed by atoms with E-state index < -0.39 is 0 Å². The molecule has 0 bridgehead atoms. The molecule has 1 aliphatic heterocycles. The normalized spacial score (nSPS) is 22.4. The van der Waals surface area contributed by atoms with Gasteiger partial charge in [-0.05, 0) is 49.2 Å². The smallest absolute Gasteiger partial charge is 0.0116 e. The minimum atomic E-state index is 0.754. The van der Waals surface area contributed by atoms with E-state index in [1.807, 2.05) is 11.3 Å². The van der Waals surface area contributed by atoms with Gasteiger partial charge in [0, 0.05) is 10.9 Å². The molecule has 0 saturated carbocycles. The van der Waals surface area contributed by atoms with Crippen LogP contribution in [0.3, 0.4) is 0 Å². The zero-order chi connectivity index (χ0) is 9.10. The van der Waals surface area contributed by atoms with E-state index in [9.17, 15) is 0 Å². The summed E-state index contributed by atoms with van der Waals surface area (Å²) in [6.07, 6.45) is 5.16. The van der Waals surface area contributed by atoms with E-state index in [0.717, 1.165) is 6.04 Å². The number of nitrogens with one attached hydrogen (secondary N) is 1. The second kappa shape index (κ2) is 4.25. The molecule has 13 heavy (non-hydrogen) atoms. The van der Waals surface area contributed by atoms with Crippen LogP contribution in [0.5, 0.6) is 0 Å². The minimum absolute atomic E-state index is 0.754. The van der Waals surface area contributed by atoms with Crippen molar-refractivity contribution in [3.63, 3.8) is 0 Å². The maximum absolute atomic E-state index is 3.55. The number of rotatable bonds is 3. The second-order valence-corrected chi connectivity index (χ2v) is 4.72. The highest BCUT2D eigenvalue weighted by Gasteiger charge is 2.16. The summed E-state index contributed by atoms with van der Waals surface area (Å²) in [5.74, 6) is 0. The Morgan fingerprint density at radius 2 is 2.54 bits per heavy atom. The molecule has 1 saturated heterocycles. The van der Waals surface area contributed by atoms with Gasteiger partial charge in [0.2, 0.25) is 0 Å². The van der Waals surface area contributed by atoms with Crippen molar-refractivity contribution in [2.24, 2.45) is 0 Å². The summed E-state index contributed by atoms with van der Waals surface area (Å²) in [5, 5.41) is 5.78. The van der Waals surface area contributed by atoms with Gasteiger partial charge in [0.05, 0.1) is 0 Å². The molecule has 2 rings (SSSR count). The van der Waals surface area contributed by atoms with Crippen LogP contribution in [0.2, 0.25) is 0 Å². The predicted octanol–water partition coefficient (Wildman–Crippen LogP) is 2.61. The molecule has 0 spiro atoms. The van der Waals surface area contributed by atoms with Crippen LogP contribution >= 0.6 is 11.3 Å². The minimum Gasteiger partial charge on any atom is -0.314 e. The van der Waals surface area contributed by atoms with Crippen LogP contribution in [0, 0.1) is 0 Å². The van der Waals surface area contributed by atoms with Crippen LogP contribution in [0.25, 0.3) is 0 Å². The molecule has 0 aliphatic carbocycles. The van der Waals surface area contributed by atoms with Gasteiger partial charge in [0.15, 0.2) is 0 Å². The van der Waals surface area contributed by atoms with Gasteiger partial charge in [-0.1, -0.05) is 6.92 Å². The summed E-state index contributed by atoms with van der Waals surface area (Å²) in [6, 6.07) is 3.03. The lowest BCUT2D eigenvalue weighted by Crippen LogP contribution is -2.23. The largest absolute Gasteiger partial charge is 0.314 e. The van der Waals surface area contributed by atoms with Crippen molar-refractivity contribution < 1.29 is 0 Å². The molecule has 1 atom stereocenters. The Kier molecular flexibility index (Phi) is 3.01. The summed E-state index contributed by atoms with van der Waals surface area (Å²) < 4.78 is 0. The van der Waals surface area contributed by atoms with E-state index in [-0.39, 0.29) is 0 Å². The van der Waals surface area contributed by atoms with Crippen LogP contribution in [-0.4, -0.2) is 12.6 Å². The van der Waals surface area contributed by atoms with Gasteiger partial charge in [0.1, 0.15) is 0 Å². The third-order valence-corrected chi connectivity index (χ3v) is 3.80. The molecule has 0 radical (unpaired) electrons. The summed E-state index contributed by atoms with van der Waals surface area (Å²) in [6.45, 7) is 3.46. The molecule has 1 unspecified atom stereocenters. The lowest BCUT2D eigenvalue weighted by Gasteiger charge is -2.09. The second-order valence-electron chi connectivity index (χ2n) is 3.72. The zero-order valence-electron chi connectivity index (χ0n) is 8.18. The Morgan fingerprint density at radius 1 is 1.62 bits per heavy atom. The van der Waals surface area contributed by atoms with E-state index in [4.69, 9.17) is 0 Å². The molecule has 0 amide bonds. The fourth-order valence-corrected chi connectivity index (χ4v) is 3.07. The van der Waals surface area contributed by atoms with Gasteiger partial charge in [0.25, 0.3) is 0 Å². The highest BCUT2D eigenvalue weighted by molar-refractivity contribution is 7.10. The van der Waals surface area contributed by atoms with E-state index in [0.29, 0.717) is 0 Å². The van der Waals surface area contributed by atoms with E-state index in [1.165, 1.54) is 32.2 Å². The Labute approximate surface area is 84.2 Å². The molecule has 0 aromatic carbocycles. The fraction of sp³-hybridized carbons (Fsp3) is 0.636. The average Bonchev–Trinajstić information content (AvgIpc) is 2.76. The summed E-state index contributed by atoms with van der Waals surface area (Å²) >= 11 is 1.92. The molecule has 1 aliphatic rings. The van der Waals surface area contributed by atoms with Crippen molar-refractivity contribution >= 4 is 11.3 Å². The molecule has 1 aromatic rings. The fourth-order valence-electron chi connectivity index (χ4n) is 2.02. The molecule has 1 fully saturated rings. The van der Waals surface area contributed by atoms with Crippen molar-refractivity contribution in [3.8, 4) is 0 Å². The molecule has 2 heterocycles. The topological polar surface area (TPSA) is 12.0 Å². The molecule has 1 nitrogen and oxygen atoms in total. The lowest BCUT2D eigenvalue weighted by atomic mass is 10.1. The van der Waals surface area contributed by atoms with Crippen LogP contribution in [0.4, 0.5) is 0 Å². The van der Waals surface area contributed by atoms with Crippen LogP contribution < -0.4 is 5.32 Å². The van der Waals surface area contributed by atoms with Crippen molar-refractivity contribution in [1.82, 2.24) is 5.32 Å². The Balaban J connectivity index is 1.99. The predicted molar refractivity (Wildman–Crippen MR) is 58.4 cm³/mol. The first-order valence-electron chi connectivity index (χ1n) is 5.18. The first-order chi connectivity index (χ1) is 6.40. The quantitative estimate of drug-likeness (QED) is 0.781. The number of hydrogen-bond donors (Lipinski definition) is 1. The molecule has 1 aromatic heterocycles. The van der Waals surface area contributed by atoms with Crippen molar-refractivity contribution in [2.75, 3.05) is 6.54 Å². The molecule has 72 valence electrons. The Bertz CT molecular complexity index is 261. The lowest BCUT2D eigenvalue weighted by molar-refractivity contribution is 0.605.